The quantitative estimate of drug-likeness (QED) is 0.0886. The molecule has 0 saturated heterocycles. The monoisotopic (exact) mass is 902 g/mol. The third-order valence-corrected chi connectivity index (χ3v) is 23.2. The van der Waals surface area contributed by atoms with Crippen molar-refractivity contribution < 1.29 is 0 Å². The molecule has 0 bridgehead atoms. The zero-order valence-electron chi connectivity index (χ0n) is 40.1. The maximum atomic E-state index is 2.53. The molecule has 0 aliphatic rings. The highest BCUT2D eigenvalue weighted by Crippen LogP contribution is 2.45. The Balaban J connectivity index is 0.935. The molecule has 13 aromatic rings. The standard InChI is InChI=1S/C66H54Si2/c1-66(2,3)49-30-37-54-57(40-49)63(46-24-33-51(34-25-46)68(6,7)59-39-29-48-21-19-42-13-11-15-44-27-36-56(59)65(48)61(42)44)53-17-9-8-16-52(53)62(54)45-22-31-50(32-23-45)67(4,5)58-38-28-47-20-18-41-12-10-14-43-26-35-55(58)64(47)60(41)43/h8-40H,1-7H3. The van der Waals surface area contributed by atoms with Gasteiger partial charge in [-0.25, -0.2) is 0 Å². The Bertz CT molecular complexity index is 4120. The summed E-state index contributed by atoms with van der Waals surface area (Å²) >= 11 is 0. The van der Waals surface area contributed by atoms with Crippen molar-refractivity contribution in [2.24, 2.45) is 0 Å². The van der Waals surface area contributed by atoms with E-state index in [4.69, 9.17) is 0 Å². The summed E-state index contributed by atoms with van der Waals surface area (Å²) in [5, 5.41) is 27.4. The SMILES string of the molecule is CC(C)(C)c1ccc2c(-c3ccc([Si](C)(C)c4ccc5ccc6cccc7ccc4c5c67)cc3)c3ccccc3c(-c3ccc([Si](C)(C)c4ccc5ccc6cccc7ccc4c5c67)cc3)c2c1. The Morgan fingerprint density at radius 2 is 0.647 bits per heavy atom. The topological polar surface area (TPSA) is 0 Å². The molecule has 0 spiro atoms. The molecule has 0 aliphatic heterocycles. The largest absolute Gasteiger partial charge is 0.113 e. The molecule has 326 valence electrons. The molecule has 2 heteroatoms. The van der Waals surface area contributed by atoms with Crippen LogP contribution in [-0.4, -0.2) is 16.1 Å². The van der Waals surface area contributed by atoms with Crippen LogP contribution in [0.3, 0.4) is 0 Å². The molecule has 0 atom stereocenters. The van der Waals surface area contributed by atoms with Crippen molar-refractivity contribution in [3.05, 3.63) is 206 Å². The maximum absolute atomic E-state index is 2.53. The summed E-state index contributed by atoms with van der Waals surface area (Å²) in [5.74, 6) is 0. The summed E-state index contributed by atoms with van der Waals surface area (Å²) in [6.07, 6.45) is 0. The van der Waals surface area contributed by atoms with Crippen molar-refractivity contribution in [2.75, 3.05) is 0 Å². The first-order valence-corrected chi connectivity index (χ1v) is 30.4. The summed E-state index contributed by atoms with van der Waals surface area (Å²) in [4.78, 5) is 0. The maximum Gasteiger partial charge on any atom is 0.113 e. The van der Waals surface area contributed by atoms with Crippen LogP contribution in [0.2, 0.25) is 26.2 Å². The van der Waals surface area contributed by atoms with Crippen molar-refractivity contribution in [3.63, 3.8) is 0 Å². The molecule has 13 rings (SSSR count). The van der Waals surface area contributed by atoms with Crippen LogP contribution >= 0.6 is 0 Å². The van der Waals surface area contributed by atoms with E-state index < -0.39 is 16.1 Å². The van der Waals surface area contributed by atoms with Gasteiger partial charge in [-0.2, -0.15) is 0 Å². The predicted molar refractivity (Wildman–Crippen MR) is 305 cm³/mol. The second kappa shape index (κ2) is 14.7. The lowest BCUT2D eigenvalue weighted by molar-refractivity contribution is 0.591. The molecule has 0 unspecified atom stereocenters. The van der Waals surface area contributed by atoms with Crippen LogP contribution in [0.5, 0.6) is 0 Å². The van der Waals surface area contributed by atoms with Gasteiger partial charge in [0.25, 0.3) is 0 Å². The molecule has 68 heavy (non-hydrogen) atoms. The highest BCUT2D eigenvalue weighted by molar-refractivity contribution is 7.02. The fourth-order valence-corrected chi connectivity index (χ4v) is 17.6. The average molecular weight is 903 g/mol. The second-order valence-corrected chi connectivity index (χ2v) is 30.4. The summed E-state index contributed by atoms with van der Waals surface area (Å²) in [7, 11) is -4.26. The first-order chi connectivity index (χ1) is 32.9. The smallest absolute Gasteiger partial charge is 0.0620 e. The molecule has 0 saturated carbocycles. The van der Waals surface area contributed by atoms with Gasteiger partial charge < -0.3 is 0 Å². The molecule has 0 nitrogen and oxygen atoms in total. The van der Waals surface area contributed by atoms with E-state index in [-0.39, 0.29) is 5.41 Å². The number of hydrogen-bond donors (Lipinski definition) is 0. The summed E-state index contributed by atoms with van der Waals surface area (Å²) < 4.78 is 0. The van der Waals surface area contributed by atoms with Gasteiger partial charge in [-0.15, -0.1) is 0 Å². The Labute approximate surface area is 401 Å². The number of benzene rings is 13. The Hall–Kier alpha value is -7.11. The average Bonchev–Trinajstić information content (AvgIpc) is 3.36. The van der Waals surface area contributed by atoms with Gasteiger partial charge in [0.15, 0.2) is 0 Å². The van der Waals surface area contributed by atoms with Gasteiger partial charge in [-0.3, -0.25) is 0 Å². The van der Waals surface area contributed by atoms with Crippen LogP contribution in [0.4, 0.5) is 0 Å². The highest BCUT2D eigenvalue weighted by atomic mass is 28.3. The van der Waals surface area contributed by atoms with E-state index >= 15 is 0 Å². The van der Waals surface area contributed by atoms with E-state index in [0.29, 0.717) is 0 Å². The lowest BCUT2D eigenvalue weighted by atomic mass is 9.81. The summed E-state index contributed by atoms with van der Waals surface area (Å²) in [6, 6.07) is 77.5. The fraction of sp³-hybridized carbons (Fsp3) is 0.121. The van der Waals surface area contributed by atoms with Crippen LogP contribution in [0.1, 0.15) is 26.3 Å². The number of fused-ring (bicyclic) bond motifs is 2. The van der Waals surface area contributed by atoms with Crippen LogP contribution < -0.4 is 20.7 Å². The van der Waals surface area contributed by atoms with Crippen molar-refractivity contribution >= 4 is 123 Å². The van der Waals surface area contributed by atoms with Crippen LogP contribution in [-0.2, 0) is 5.41 Å². The van der Waals surface area contributed by atoms with Gasteiger partial charge in [-0.1, -0.05) is 251 Å². The van der Waals surface area contributed by atoms with Crippen molar-refractivity contribution in [3.8, 4) is 22.3 Å². The molecule has 0 fully saturated rings. The molecule has 0 heterocycles. The van der Waals surface area contributed by atoms with Crippen LogP contribution in [0.25, 0.3) is 108 Å². The first-order valence-electron chi connectivity index (χ1n) is 24.4. The molecule has 0 aliphatic carbocycles. The van der Waals surface area contributed by atoms with Gasteiger partial charge >= 0.3 is 0 Å². The summed E-state index contributed by atoms with van der Waals surface area (Å²) in [6.45, 7) is 17.1. The summed E-state index contributed by atoms with van der Waals surface area (Å²) in [5.41, 5.74) is 6.51. The Kier molecular flexibility index (Phi) is 8.88. The van der Waals surface area contributed by atoms with E-state index in [2.05, 4.69) is 247 Å². The minimum absolute atomic E-state index is 0.000418. The minimum atomic E-state index is -2.13. The molecular weight excluding hydrogens is 849 g/mol. The molecule has 13 aromatic carbocycles. The number of rotatable bonds is 6. The van der Waals surface area contributed by atoms with E-state index in [1.807, 2.05) is 0 Å². The molecule has 0 radical (unpaired) electrons. The molecular formula is C66H54Si2. The third-order valence-electron chi connectivity index (χ3n) is 16.1. The van der Waals surface area contributed by atoms with E-state index in [1.54, 1.807) is 0 Å². The second-order valence-electron chi connectivity index (χ2n) is 21.6. The van der Waals surface area contributed by atoms with Gasteiger partial charge in [0.05, 0.1) is 0 Å². The number of hydrogen-bond acceptors (Lipinski definition) is 0. The fourth-order valence-electron chi connectivity index (χ4n) is 12.2. The molecule has 0 N–H and O–H groups in total. The van der Waals surface area contributed by atoms with E-state index in [9.17, 15) is 0 Å². The Morgan fingerprint density at radius 3 is 1.07 bits per heavy atom. The first kappa shape index (κ1) is 41.1. The van der Waals surface area contributed by atoms with Crippen molar-refractivity contribution in [1.29, 1.82) is 0 Å². The van der Waals surface area contributed by atoms with Crippen LogP contribution in [0, 0.1) is 0 Å². The normalized spacial score (nSPS) is 12.9. The van der Waals surface area contributed by atoms with E-state index in [0.717, 1.165) is 0 Å². The third kappa shape index (κ3) is 6.03. The minimum Gasteiger partial charge on any atom is -0.0620 e. The van der Waals surface area contributed by atoms with E-state index in [1.165, 1.54) is 135 Å². The molecule has 0 amide bonds. The van der Waals surface area contributed by atoms with Gasteiger partial charge in [0.2, 0.25) is 0 Å². The highest BCUT2D eigenvalue weighted by Gasteiger charge is 2.31. The molecule has 0 aromatic heterocycles. The zero-order chi connectivity index (χ0) is 46.3. The predicted octanol–water partition coefficient (Wildman–Crippen LogP) is 16.1. The Morgan fingerprint density at radius 1 is 0.294 bits per heavy atom. The van der Waals surface area contributed by atoms with Gasteiger partial charge in [0.1, 0.15) is 16.1 Å². The lowest BCUT2D eigenvalue weighted by Crippen LogP contribution is -2.53. The van der Waals surface area contributed by atoms with Crippen LogP contribution in [0.15, 0.2) is 200 Å². The zero-order valence-corrected chi connectivity index (χ0v) is 42.1. The van der Waals surface area contributed by atoms with Gasteiger partial charge in [0, 0.05) is 0 Å². The van der Waals surface area contributed by atoms with Crippen molar-refractivity contribution in [1.82, 2.24) is 0 Å². The lowest BCUT2D eigenvalue weighted by Gasteiger charge is -2.27. The van der Waals surface area contributed by atoms with Gasteiger partial charge in [-0.05, 0) is 136 Å². The van der Waals surface area contributed by atoms with Crippen molar-refractivity contribution in [2.45, 2.75) is 52.4 Å².